The molecule has 0 radical (unpaired) electrons. The molecule has 1 amide bonds. The second-order valence-electron chi connectivity index (χ2n) is 5.68. The molecule has 2 aromatic rings. The number of aliphatic hydroxyl groups is 1. The minimum absolute atomic E-state index is 0.0430. The third-order valence-electron chi connectivity index (χ3n) is 3.72. The lowest BCUT2D eigenvalue weighted by Gasteiger charge is -2.07. The Hall–Kier alpha value is -2.42. The number of hydrogen-bond acceptors (Lipinski definition) is 4. The fourth-order valence-corrected chi connectivity index (χ4v) is 3.17. The van der Waals surface area contributed by atoms with E-state index in [0.29, 0.717) is 10.7 Å². The van der Waals surface area contributed by atoms with Gasteiger partial charge in [-0.05, 0) is 61.4 Å². The van der Waals surface area contributed by atoms with E-state index in [2.05, 4.69) is 5.32 Å². The number of rotatable bonds is 5. The molecular weight excluding hydrogens is 356 g/mol. The molecule has 1 aliphatic rings. The Morgan fingerprint density at radius 3 is 2.20 bits per heavy atom. The van der Waals surface area contributed by atoms with Crippen LogP contribution in [0.15, 0.2) is 69.7 Å². The molecule has 2 aromatic carbocycles. The number of nitrogens with one attached hydrogen (secondary N) is 1. The van der Waals surface area contributed by atoms with Gasteiger partial charge in [0.2, 0.25) is 0 Å². The number of aliphatic hydroxyl groups excluding tert-OH is 1. The van der Waals surface area contributed by atoms with Gasteiger partial charge in [-0.2, -0.15) is 5.26 Å². The van der Waals surface area contributed by atoms with Crippen LogP contribution in [0.1, 0.15) is 12.8 Å². The van der Waals surface area contributed by atoms with Gasteiger partial charge >= 0.3 is 0 Å². The van der Waals surface area contributed by atoms with E-state index in [1.807, 2.05) is 36.4 Å². The van der Waals surface area contributed by atoms with Crippen molar-refractivity contribution in [3.05, 3.63) is 64.9 Å². The van der Waals surface area contributed by atoms with Crippen molar-refractivity contribution in [2.75, 3.05) is 5.32 Å². The van der Waals surface area contributed by atoms with Crippen LogP contribution in [0.2, 0.25) is 5.02 Å². The lowest BCUT2D eigenvalue weighted by atomic mass is 10.1. The Morgan fingerprint density at radius 1 is 1.12 bits per heavy atom. The molecule has 1 saturated carbocycles. The minimum atomic E-state index is -0.579. The molecule has 0 aliphatic heterocycles. The second kappa shape index (κ2) is 7.64. The van der Waals surface area contributed by atoms with Gasteiger partial charge in [0.1, 0.15) is 11.8 Å². The molecule has 4 nitrogen and oxygen atoms in total. The lowest BCUT2D eigenvalue weighted by molar-refractivity contribution is -0.112. The molecule has 1 aliphatic carbocycles. The van der Waals surface area contributed by atoms with Gasteiger partial charge in [0, 0.05) is 26.4 Å². The summed E-state index contributed by atoms with van der Waals surface area (Å²) in [5.74, 6) is -0.724. The van der Waals surface area contributed by atoms with Gasteiger partial charge in [-0.15, -0.1) is 0 Å². The van der Waals surface area contributed by atoms with Crippen LogP contribution in [0.3, 0.4) is 0 Å². The summed E-state index contributed by atoms with van der Waals surface area (Å²) in [7, 11) is 0. The average molecular weight is 371 g/mol. The molecule has 1 fully saturated rings. The van der Waals surface area contributed by atoms with Crippen molar-refractivity contribution in [2.45, 2.75) is 22.6 Å². The third-order valence-corrected chi connectivity index (χ3v) is 4.99. The third kappa shape index (κ3) is 4.56. The van der Waals surface area contributed by atoms with E-state index in [9.17, 15) is 9.90 Å². The maximum atomic E-state index is 12.2. The highest BCUT2D eigenvalue weighted by molar-refractivity contribution is 7.99. The number of hydrogen-bond donors (Lipinski definition) is 2. The van der Waals surface area contributed by atoms with E-state index < -0.39 is 5.91 Å². The Labute approximate surface area is 155 Å². The maximum Gasteiger partial charge on any atom is 0.269 e. The first-order valence-electron chi connectivity index (χ1n) is 7.75. The van der Waals surface area contributed by atoms with Crippen molar-refractivity contribution in [3.63, 3.8) is 0 Å². The van der Waals surface area contributed by atoms with E-state index in [-0.39, 0.29) is 17.3 Å². The molecule has 126 valence electrons. The maximum absolute atomic E-state index is 12.2. The van der Waals surface area contributed by atoms with Gasteiger partial charge < -0.3 is 10.4 Å². The Morgan fingerprint density at radius 2 is 1.68 bits per heavy atom. The summed E-state index contributed by atoms with van der Waals surface area (Å²) in [6.45, 7) is 0. The predicted molar refractivity (Wildman–Crippen MR) is 98.6 cm³/mol. The van der Waals surface area contributed by atoms with E-state index in [1.54, 1.807) is 30.0 Å². The fourth-order valence-electron chi connectivity index (χ4n) is 2.22. The molecule has 0 spiro atoms. The number of allylic oxidation sites excluding steroid dienone is 1. The monoisotopic (exact) mass is 370 g/mol. The first kappa shape index (κ1) is 17.4. The molecule has 0 bridgehead atoms. The van der Waals surface area contributed by atoms with Crippen LogP contribution in [-0.2, 0) is 4.79 Å². The van der Waals surface area contributed by atoms with Crippen molar-refractivity contribution < 1.29 is 9.90 Å². The SMILES string of the molecule is N#C/C(C(=O)Nc1ccc(Sc2ccc(Cl)cc2)cc1)=C(/O)C1CC1. The molecule has 6 heteroatoms. The highest BCUT2D eigenvalue weighted by Crippen LogP contribution is 2.36. The largest absolute Gasteiger partial charge is 0.510 e. The first-order valence-corrected chi connectivity index (χ1v) is 8.94. The molecule has 0 aromatic heterocycles. The average Bonchev–Trinajstić information content (AvgIpc) is 3.44. The summed E-state index contributed by atoms with van der Waals surface area (Å²) < 4.78 is 0. The van der Waals surface area contributed by atoms with Gasteiger partial charge in [0.15, 0.2) is 5.57 Å². The molecule has 0 saturated heterocycles. The molecular formula is C19H15ClN2O2S. The molecule has 25 heavy (non-hydrogen) atoms. The number of benzene rings is 2. The number of nitriles is 1. The summed E-state index contributed by atoms with van der Waals surface area (Å²) >= 11 is 7.45. The quantitative estimate of drug-likeness (QED) is 0.432. The zero-order valence-corrected chi connectivity index (χ0v) is 14.8. The number of anilines is 1. The highest BCUT2D eigenvalue weighted by Gasteiger charge is 2.30. The smallest absolute Gasteiger partial charge is 0.269 e. The fraction of sp³-hybridized carbons (Fsp3) is 0.158. The van der Waals surface area contributed by atoms with Crippen molar-refractivity contribution in [3.8, 4) is 6.07 Å². The highest BCUT2D eigenvalue weighted by atomic mass is 35.5. The molecule has 0 atom stereocenters. The Kier molecular flexibility index (Phi) is 5.32. The van der Waals surface area contributed by atoms with E-state index in [0.717, 1.165) is 22.6 Å². The summed E-state index contributed by atoms with van der Waals surface area (Å²) in [6, 6.07) is 16.6. The van der Waals surface area contributed by atoms with E-state index in [1.165, 1.54) is 0 Å². The molecule has 2 N–H and O–H groups in total. The van der Waals surface area contributed by atoms with Crippen molar-refractivity contribution in [2.24, 2.45) is 5.92 Å². The standard InChI is InChI=1S/C19H15ClN2O2S/c20-13-3-7-15(8-4-13)25-16-9-5-14(6-10-16)22-19(24)17(11-21)18(23)12-1-2-12/h3-10,12,23H,1-2H2,(H,22,24)/b18-17-. The van der Waals surface area contributed by atoms with Crippen molar-refractivity contribution >= 4 is 35.0 Å². The normalized spacial score (nSPS) is 14.4. The number of carbonyl (C=O) groups is 1. The molecule has 0 heterocycles. The summed E-state index contributed by atoms with van der Waals surface area (Å²) in [4.78, 5) is 14.2. The van der Waals surface area contributed by atoms with Crippen LogP contribution in [0.25, 0.3) is 0 Å². The minimum Gasteiger partial charge on any atom is -0.510 e. The predicted octanol–water partition coefficient (Wildman–Crippen LogP) is 5.18. The van der Waals surface area contributed by atoms with Crippen LogP contribution in [0.4, 0.5) is 5.69 Å². The number of halogens is 1. The second-order valence-corrected chi connectivity index (χ2v) is 7.26. The van der Waals surface area contributed by atoms with E-state index >= 15 is 0 Å². The number of nitrogens with zero attached hydrogens (tertiary/aromatic N) is 1. The van der Waals surface area contributed by atoms with Crippen molar-refractivity contribution in [1.29, 1.82) is 5.26 Å². The first-order chi connectivity index (χ1) is 12.1. The Bertz CT molecular complexity index is 850. The van der Waals surface area contributed by atoms with Gasteiger partial charge in [-0.3, -0.25) is 4.79 Å². The van der Waals surface area contributed by atoms with Crippen LogP contribution in [0, 0.1) is 17.2 Å². The summed E-state index contributed by atoms with van der Waals surface area (Å²) in [5, 5.41) is 22.4. The van der Waals surface area contributed by atoms with Gasteiger partial charge in [-0.1, -0.05) is 23.4 Å². The van der Waals surface area contributed by atoms with Crippen LogP contribution < -0.4 is 5.32 Å². The van der Waals surface area contributed by atoms with Crippen molar-refractivity contribution in [1.82, 2.24) is 0 Å². The number of carbonyl (C=O) groups excluding carboxylic acids is 1. The van der Waals surface area contributed by atoms with Gasteiger partial charge in [0.05, 0.1) is 0 Å². The zero-order valence-electron chi connectivity index (χ0n) is 13.2. The summed E-state index contributed by atoms with van der Waals surface area (Å²) in [6.07, 6.45) is 1.64. The molecule has 0 unspecified atom stereocenters. The molecule has 3 rings (SSSR count). The van der Waals surface area contributed by atoms with Crippen LogP contribution in [0.5, 0.6) is 0 Å². The zero-order chi connectivity index (χ0) is 17.8. The topological polar surface area (TPSA) is 73.1 Å². The van der Waals surface area contributed by atoms with Crippen LogP contribution >= 0.6 is 23.4 Å². The van der Waals surface area contributed by atoms with Gasteiger partial charge in [-0.25, -0.2) is 0 Å². The summed E-state index contributed by atoms with van der Waals surface area (Å²) in [5.41, 5.74) is 0.365. The number of amides is 1. The van der Waals surface area contributed by atoms with E-state index in [4.69, 9.17) is 16.9 Å². The van der Waals surface area contributed by atoms with Crippen LogP contribution in [-0.4, -0.2) is 11.0 Å². The lowest BCUT2D eigenvalue weighted by Crippen LogP contribution is -2.15. The Balaban J connectivity index is 1.66. The van der Waals surface area contributed by atoms with Gasteiger partial charge in [0.25, 0.3) is 5.91 Å².